The van der Waals surface area contributed by atoms with Crippen LogP contribution in [-0.2, 0) is 9.53 Å². The van der Waals surface area contributed by atoms with E-state index >= 15 is 0 Å². The zero-order valence-electron chi connectivity index (χ0n) is 9.64. The number of benzene rings is 1. The van der Waals surface area contributed by atoms with Crippen LogP contribution in [0.4, 0.5) is 0 Å². The van der Waals surface area contributed by atoms with Crippen molar-refractivity contribution in [3.05, 3.63) is 53.6 Å². The van der Waals surface area contributed by atoms with Crippen LogP contribution in [0.2, 0.25) is 0 Å². The fraction of sp³-hybridized carbons (Fsp3) is 0.214. The van der Waals surface area contributed by atoms with Gasteiger partial charge in [-0.05, 0) is 31.6 Å². The molecule has 0 unspecified atom stereocenters. The van der Waals surface area contributed by atoms with Crippen molar-refractivity contribution in [2.45, 2.75) is 13.8 Å². The van der Waals surface area contributed by atoms with Gasteiger partial charge >= 0.3 is 5.97 Å². The summed E-state index contributed by atoms with van der Waals surface area (Å²) in [5.41, 5.74) is 2.13. The van der Waals surface area contributed by atoms with Gasteiger partial charge in [-0.3, -0.25) is 0 Å². The van der Waals surface area contributed by atoms with Gasteiger partial charge in [0.2, 0.25) is 0 Å². The largest absolute Gasteiger partial charge is 0.458 e. The third kappa shape index (κ3) is 5.15. The molecule has 84 valence electrons. The molecule has 0 aliphatic heterocycles. The molecule has 0 N–H and O–H groups in total. The minimum absolute atomic E-state index is 0.318. The summed E-state index contributed by atoms with van der Waals surface area (Å²) in [5, 5.41) is 0. The van der Waals surface area contributed by atoms with E-state index < -0.39 is 0 Å². The Morgan fingerprint density at radius 2 is 1.94 bits per heavy atom. The average molecular weight is 216 g/mol. The fourth-order valence-corrected chi connectivity index (χ4v) is 1.07. The Kier molecular flexibility index (Phi) is 5.06. The number of carbonyl (C=O) groups is 1. The molecule has 0 bridgehead atoms. The molecule has 0 radical (unpaired) electrons. The minimum atomic E-state index is -0.318. The summed E-state index contributed by atoms with van der Waals surface area (Å²) in [5.74, 6) is -0.318. The first kappa shape index (κ1) is 12.2. The minimum Gasteiger partial charge on any atom is -0.458 e. The number of allylic oxidation sites excluding steroid dienone is 1. The van der Waals surface area contributed by atoms with Gasteiger partial charge in [-0.1, -0.05) is 35.9 Å². The lowest BCUT2D eigenvalue weighted by Crippen LogP contribution is -2.00. The van der Waals surface area contributed by atoms with Gasteiger partial charge in [0.25, 0.3) is 0 Å². The third-order valence-corrected chi connectivity index (χ3v) is 1.93. The summed E-state index contributed by atoms with van der Waals surface area (Å²) in [4.78, 5) is 11.3. The molecule has 0 heterocycles. The highest BCUT2D eigenvalue weighted by Crippen LogP contribution is 2.01. The van der Waals surface area contributed by atoms with Gasteiger partial charge < -0.3 is 4.74 Å². The Bertz CT molecular complexity index is 384. The molecule has 0 saturated carbocycles. The fourth-order valence-electron chi connectivity index (χ4n) is 1.07. The lowest BCUT2D eigenvalue weighted by atomic mass is 10.2. The number of hydrogen-bond acceptors (Lipinski definition) is 2. The van der Waals surface area contributed by atoms with Crippen LogP contribution in [0, 0.1) is 0 Å². The molecule has 0 aromatic heterocycles. The molecule has 1 rings (SSSR count). The summed E-state index contributed by atoms with van der Waals surface area (Å²) < 4.78 is 4.97. The Labute approximate surface area is 96.2 Å². The Balaban J connectivity index is 2.40. The zero-order valence-corrected chi connectivity index (χ0v) is 9.64. The van der Waals surface area contributed by atoms with Crippen LogP contribution in [0.25, 0.3) is 6.08 Å². The molecule has 2 nitrogen and oxygen atoms in total. The summed E-state index contributed by atoms with van der Waals surface area (Å²) in [7, 11) is 0. The number of rotatable bonds is 4. The Morgan fingerprint density at radius 1 is 1.25 bits per heavy atom. The van der Waals surface area contributed by atoms with Crippen molar-refractivity contribution in [2.24, 2.45) is 0 Å². The maximum atomic E-state index is 11.3. The molecule has 0 aliphatic rings. The Morgan fingerprint density at radius 3 is 2.56 bits per heavy atom. The van der Waals surface area contributed by atoms with Crippen LogP contribution in [0.15, 0.2) is 48.1 Å². The number of esters is 1. The van der Waals surface area contributed by atoms with E-state index in [1.165, 1.54) is 6.08 Å². The molecular weight excluding hydrogens is 200 g/mol. The molecule has 0 fully saturated rings. The smallest absolute Gasteiger partial charge is 0.331 e. The standard InChI is InChI=1S/C14H16O2/c1-12(2)10-11-16-14(15)9-8-13-6-4-3-5-7-13/h3-10H,11H2,1-2H3/b9-8+. The van der Waals surface area contributed by atoms with Gasteiger partial charge in [0.15, 0.2) is 0 Å². The molecule has 16 heavy (non-hydrogen) atoms. The molecular formula is C14H16O2. The molecule has 0 saturated heterocycles. The number of hydrogen-bond donors (Lipinski definition) is 0. The molecule has 0 aliphatic carbocycles. The van der Waals surface area contributed by atoms with Gasteiger partial charge in [0.05, 0.1) is 0 Å². The first-order chi connectivity index (χ1) is 7.68. The highest BCUT2D eigenvalue weighted by Gasteiger charge is 1.94. The zero-order chi connectivity index (χ0) is 11.8. The van der Waals surface area contributed by atoms with Crippen LogP contribution in [0.5, 0.6) is 0 Å². The summed E-state index contributed by atoms with van der Waals surface area (Å²) in [6.07, 6.45) is 5.05. The summed E-state index contributed by atoms with van der Waals surface area (Å²) >= 11 is 0. The average Bonchev–Trinajstić information content (AvgIpc) is 2.27. The predicted molar refractivity (Wildman–Crippen MR) is 65.9 cm³/mol. The maximum Gasteiger partial charge on any atom is 0.331 e. The van der Waals surface area contributed by atoms with Gasteiger partial charge in [0.1, 0.15) is 6.61 Å². The third-order valence-electron chi connectivity index (χ3n) is 1.93. The highest BCUT2D eigenvalue weighted by atomic mass is 16.5. The van der Waals surface area contributed by atoms with Crippen LogP contribution in [0.3, 0.4) is 0 Å². The van der Waals surface area contributed by atoms with Crippen molar-refractivity contribution in [1.82, 2.24) is 0 Å². The van der Waals surface area contributed by atoms with Crippen molar-refractivity contribution in [1.29, 1.82) is 0 Å². The van der Waals surface area contributed by atoms with Crippen molar-refractivity contribution >= 4 is 12.0 Å². The van der Waals surface area contributed by atoms with Gasteiger partial charge in [-0.15, -0.1) is 0 Å². The molecule has 0 amide bonds. The second-order valence-corrected chi connectivity index (χ2v) is 3.66. The quantitative estimate of drug-likeness (QED) is 0.439. The highest BCUT2D eigenvalue weighted by molar-refractivity contribution is 5.87. The van der Waals surface area contributed by atoms with E-state index in [4.69, 9.17) is 4.74 Å². The lowest BCUT2D eigenvalue weighted by molar-refractivity contribution is -0.136. The van der Waals surface area contributed by atoms with Gasteiger partial charge in [0, 0.05) is 6.08 Å². The maximum absolute atomic E-state index is 11.3. The first-order valence-corrected chi connectivity index (χ1v) is 5.22. The monoisotopic (exact) mass is 216 g/mol. The molecule has 1 aromatic carbocycles. The van der Waals surface area contributed by atoms with Crippen molar-refractivity contribution in [3.8, 4) is 0 Å². The van der Waals surface area contributed by atoms with Gasteiger partial charge in [-0.25, -0.2) is 4.79 Å². The number of ether oxygens (including phenoxy) is 1. The molecule has 0 atom stereocenters. The number of carbonyl (C=O) groups excluding carboxylic acids is 1. The van der Waals surface area contributed by atoms with Crippen LogP contribution in [-0.4, -0.2) is 12.6 Å². The molecule has 0 spiro atoms. The normalized spacial score (nSPS) is 10.1. The first-order valence-electron chi connectivity index (χ1n) is 5.22. The van der Waals surface area contributed by atoms with Crippen LogP contribution >= 0.6 is 0 Å². The van der Waals surface area contributed by atoms with E-state index in [-0.39, 0.29) is 5.97 Å². The lowest BCUT2D eigenvalue weighted by Gasteiger charge is -1.97. The Hall–Kier alpha value is -1.83. The van der Waals surface area contributed by atoms with E-state index in [1.54, 1.807) is 6.08 Å². The summed E-state index contributed by atoms with van der Waals surface area (Å²) in [6, 6.07) is 9.65. The van der Waals surface area contributed by atoms with Crippen molar-refractivity contribution in [2.75, 3.05) is 6.61 Å². The summed E-state index contributed by atoms with van der Waals surface area (Å²) in [6.45, 7) is 4.27. The van der Waals surface area contributed by atoms with Crippen LogP contribution in [0.1, 0.15) is 19.4 Å². The molecule has 1 aromatic rings. The predicted octanol–water partition coefficient (Wildman–Crippen LogP) is 3.21. The van der Waals surface area contributed by atoms with E-state index in [1.807, 2.05) is 50.3 Å². The van der Waals surface area contributed by atoms with Crippen molar-refractivity contribution in [3.63, 3.8) is 0 Å². The van der Waals surface area contributed by atoms with Gasteiger partial charge in [-0.2, -0.15) is 0 Å². The molecule has 2 heteroatoms. The van der Waals surface area contributed by atoms with Crippen molar-refractivity contribution < 1.29 is 9.53 Å². The van der Waals surface area contributed by atoms with E-state index in [2.05, 4.69) is 0 Å². The van der Waals surface area contributed by atoms with Crippen LogP contribution < -0.4 is 0 Å². The second-order valence-electron chi connectivity index (χ2n) is 3.66. The SMILES string of the molecule is CC(C)=CCOC(=O)/C=C/c1ccccc1. The van der Waals surface area contributed by atoms with E-state index in [9.17, 15) is 4.79 Å². The second kappa shape index (κ2) is 6.62. The van der Waals surface area contributed by atoms with E-state index in [0.717, 1.165) is 11.1 Å². The van der Waals surface area contributed by atoms with E-state index in [0.29, 0.717) is 6.61 Å². The topological polar surface area (TPSA) is 26.3 Å².